The van der Waals surface area contributed by atoms with Crippen LogP contribution in [0, 0.1) is 18.3 Å². The van der Waals surface area contributed by atoms with Crippen LogP contribution in [0.1, 0.15) is 46.1 Å². The summed E-state index contributed by atoms with van der Waals surface area (Å²) in [6.07, 6.45) is 3.94. The van der Waals surface area contributed by atoms with Gasteiger partial charge in [0.15, 0.2) is 0 Å². The molecular weight excluding hydrogens is 585 g/mol. The van der Waals surface area contributed by atoms with Crippen molar-refractivity contribution in [3.05, 3.63) is 92.3 Å². The number of benzene rings is 3. The molecule has 11 heteroatoms. The molecule has 5 aromatic rings. The first-order valence-electron chi connectivity index (χ1n) is 12.6. The number of aromatic nitrogens is 3. The van der Waals surface area contributed by atoms with Crippen molar-refractivity contribution in [2.75, 3.05) is 6.54 Å². The van der Waals surface area contributed by atoms with Crippen molar-refractivity contribution in [1.82, 2.24) is 20.3 Å². The van der Waals surface area contributed by atoms with Crippen LogP contribution < -0.4 is 5.32 Å². The second-order valence-corrected chi connectivity index (χ2v) is 10.7. The second-order valence-electron chi connectivity index (χ2n) is 9.55. The van der Waals surface area contributed by atoms with E-state index >= 15 is 0 Å². The van der Waals surface area contributed by atoms with Gasteiger partial charge in [-0.3, -0.25) is 14.6 Å². The van der Waals surface area contributed by atoms with Crippen LogP contribution in [-0.4, -0.2) is 38.5 Å². The predicted octanol–water partition coefficient (Wildman–Crippen LogP) is 7.30. The summed E-state index contributed by atoms with van der Waals surface area (Å²) >= 11 is 18.6. The molecule has 3 aromatic carbocycles. The maximum Gasteiger partial charge on any atom is 0.322 e. The van der Waals surface area contributed by atoms with Crippen LogP contribution in [0.25, 0.3) is 33.1 Å². The molecule has 0 aliphatic heterocycles. The first kappa shape index (κ1) is 28.4. The number of aliphatic carboxylic acids is 1. The number of nitrogens with zero attached hydrogens (tertiary/aromatic N) is 3. The van der Waals surface area contributed by atoms with Gasteiger partial charge in [-0.25, -0.2) is 4.98 Å². The van der Waals surface area contributed by atoms with E-state index < -0.39 is 18.4 Å². The summed E-state index contributed by atoms with van der Waals surface area (Å²) in [6.45, 7) is 1.56. The summed E-state index contributed by atoms with van der Waals surface area (Å²) in [5, 5.41) is 21.7. The molecule has 8 nitrogen and oxygen atoms in total. The lowest BCUT2D eigenvalue weighted by molar-refractivity contribution is -0.135. The molecule has 41 heavy (non-hydrogen) atoms. The molecule has 0 unspecified atom stereocenters. The molecule has 1 aliphatic rings. The number of hydrogen-bond acceptors (Lipinski definition) is 5. The Kier molecular flexibility index (Phi) is 8.13. The number of carboxylic acids is 1. The third kappa shape index (κ3) is 5.98. The van der Waals surface area contributed by atoms with Gasteiger partial charge in [-0.1, -0.05) is 59.1 Å². The maximum atomic E-state index is 12.0. The minimum absolute atomic E-state index is 0.0425. The number of carbonyl (C=O) groups is 2. The van der Waals surface area contributed by atoms with Crippen molar-refractivity contribution in [2.24, 2.45) is 0 Å². The van der Waals surface area contributed by atoms with Crippen molar-refractivity contribution in [3.63, 3.8) is 0 Å². The third-order valence-electron chi connectivity index (χ3n) is 6.65. The van der Waals surface area contributed by atoms with Gasteiger partial charge in [0.1, 0.15) is 17.9 Å². The van der Waals surface area contributed by atoms with Crippen molar-refractivity contribution in [3.8, 4) is 17.2 Å². The standard InChI is InChI=1S/C17H11ClN2.C13H11Cl2N3O3/c1-11-4-6-15(17-13(11)3-2-8-20-17)14-7-5-12(10-19)9-16(14)18;14-6-3-7-11(18-12(17-7)5-1-2-5)10(15)9(6)13(21)16-4-8(19)20/h2-9H,1H3;3,5H,1-2,4H2,(H,16,21)(H,17,18)(H,19,20). The lowest BCUT2D eigenvalue weighted by Crippen LogP contribution is -2.29. The highest BCUT2D eigenvalue weighted by Gasteiger charge is 2.28. The number of amides is 1. The van der Waals surface area contributed by atoms with E-state index in [-0.39, 0.29) is 15.6 Å². The summed E-state index contributed by atoms with van der Waals surface area (Å²) in [5.41, 5.74) is 5.74. The van der Waals surface area contributed by atoms with E-state index in [1.807, 2.05) is 18.2 Å². The predicted molar refractivity (Wildman–Crippen MR) is 160 cm³/mol. The van der Waals surface area contributed by atoms with E-state index in [2.05, 4.69) is 45.4 Å². The van der Waals surface area contributed by atoms with Crippen molar-refractivity contribution < 1.29 is 14.7 Å². The van der Waals surface area contributed by atoms with Crippen molar-refractivity contribution in [2.45, 2.75) is 25.7 Å². The average Bonchev–Trinajstić information content (AvgIpc) is 3.72. The van der Waals surface area contributed by atoms with Crippen LogP contribution in [0.2, 0.25) is 15.1 Å². The van der Waals surface area contributed by atoms with Gasteiger partial charge in [0, 0.05) is 33.7 Å². The number of imidazole rings is 1. The Bertz CT molecular complexity index is 1880. The molecule has 2 heterocycles. The quantitative estimate of drug-likeness (QED) is 0.192. The van der Waals surface area contributed by atoms with Gasteiger partial charge in [-0.15, -0.1) is 0 Å². The average molecular weight is 607 g/mol. The highest BCUT2D eigenvalue weighted by molar-refractivity contribution is 6.43. The van der Waals surface area contributed by atoms with Gasteiger partial charge in [-0.05, 0) is 49.6 Å². The molecule has 3 N–H and O–H groups in total. The fraction of sp³-hybridized carbons (Fsp3) is 0.167. The van der Waals surface area contributed by atoms with Gasteiger partial charge in [0.05, 0.1) is 38.3 Å². The van der Waals surface area contributed by atoms with E-state index in [9.17, 15) is 9.59 Å². The number of halogens is 3. The second kappa shape index (κ2) is 11.8. The molecule has 1 saturated carbocycles. The molecule has 0 saturated heterocycles. The number of aryl methyl sites for hydroxylation is 1. The van der Waals surface area contributed by atoms with Gasteiger partial charge < -0.3 is 15.4 Å². The van der Waals surface area contributed by atoms with Crippen LogP contribution in [0.15, 0.2) is 54.7 Å². The zero-order valence-electron chi connectivity index (χ0n) is 21.6. The zero-order chi connectivity index (χ0) is 29.3. The van der Waals surface area contributed by atoms with Crippen LogP contribution in [0.3, 0.4) is 0 Å². The molecule has 6 rings (SSSR count). The molecule has 1 aliphatic carbocycles. The normalized spacial score (nSPS) is 12.5. The van der Waals surface area contributed by atoms with Crippen molar-refractivity contribution >= 4 is 68.6 Å². The highest BCUT2D eigenvalue weighted by Crippen LogP contribution is 2.41. The Morgan fingerprint density at radius 2 is 1.83 bits per heavy atom. The van der Waals surface area contributed by atoms with Crippen LogP contribution in [0.4, 0.5) is 0 Å². The van der Waals surface area contributed by atoms with Crippen LogP contribution in [0.5, 0.6) is 0 Å². The Balaban J connectivity index is 0.000000165. The number of nitriles is 1. The summed E-state index contributed by atoms with van der Waals surface area (Å²) in [6, 6.07) is 17.1. The monoisotopic (exact) mass is 605 g/mol. The number of rotatable bonds is 5. The number of pyridine rings is 1. The smallest absolute Gasteiger partial charge is 0.322 e. The van der Waals surface area contributed by atoms with E-state index in [1.165, 1.54) is 5.56 Å². The molecular formula is C30H22Cl3N5O3. The molecule has 0 radical (unpaired) electrons. The molecule has 2 aromatic heterocycles. The summed E-state index contributed by atoms with van der Waals surface area (Å²) < 4.78 is 0. The molecule has 1 amide bonds. The largest absolute Gasteiger partial charge is 0.480 e. The van der Waals surface area contributed by atoms with E-state index in [1.54, 1.807) is 24.4 Å². The summed E-state index contributed by atoms with van der Waals surface area (Å²) in [5.74, 6) is -0.527. The number of aromatic amines is 1. The van der Waals surface area contributed by atoms with E-state index in [0.717, 1.165) is 40.7 Å². The Labute approximate surface area is 249 Å². The Morgan fingerprint density at radius 1 is 1.07 bits per heavy atom. The van der Waals surface area contributed by atoms with Gasteiger partial charge in [-0.2, -0.15) is 5.26 Å². The summed E-state index contributed by atoms with van der Waals surface area (Å²) in [7, 11) is 0. The van der Waals surface area contributed by atoms with E-state index in [0.29, 0.717) is 27.5 Å². The van der Waals surface area contributed by atoms with E-state index in [4.69, 9.17) is 45.2 Å². The first-order chi connectivity index (χ1) is 19.7. The SMILES string of the molecule is Cc1ccc(-c2ccc(C#N)cc2Cl)c2ncccc12.O=C(O)CNC(=O)c1c(Cl)cc2[nH]c(C3CC3)nc2c1Cl. The molecule has 1 fully saturated rings. The summed E-state index contributed by atoms with van der Waals surface area (Å²) in [4.78, 5) is 34.6. The minimum atomic E-state index is -1.15. The number of fused-ring (bicyclic) bond motifs is 2. The van der Waals surface area contributed by atoms with Gasteiger partial charge in [0.2, 0.25) is 0 Å². The molecule has 206 valence electrons. The van der Waals surface area contributed by atoms with Gasteiger partial charge >= 0.3 is 5.97 Å². The highest BCUT2D eigenvalue weighted by atomic mass is 35.5. The number of carboxylic acid groups (broad SMARTS) is 1. The number of carbonyl (C=O) groups excluding carboxylic acids is 1. The number of nitrogens with one attached hydrogen (secondary N) is 2. The van der Waals surface area contributed by atoms with Gasteiger partial charge in [0.25, 0.3) is 5.91 Å². The molecule has 0 spiro atoms. The van der Waals surface area contributed by atoms with Crippen LogP contribution in [-0.2, 0) is 4.79 Å². The Morgan fingerprint density at radius 3 is 2.51 bits per heavy atom. The topological polar surface area (TPSA) is 132 Å². The fourth-order valence-electron chi connectivity index (χ4n) is 4.44. The minimum Gasteiger partial charge on any atom is -0.480 e. The Hall–Kier alpha value is -4.16. The number of hydrogen-bond donors (Lipinski definition) is 3. The number of H-pyrrole nitrogens is 1. The van der Waals surface area contributed by atoms with Crippen molar-refractivity contribution in [1.29, 1.82) is 5.26 Å². The maximum absolute atomic E-state index is 12.0. The lowest BCUT2D eigenvalue weighted by Gasteiger charge is -2.10. The van der Waals surface area contributed by atoms with Crippen LogP contribution >= 0.6 is 34.8 Å². The molecule has 0 atom stereocenters. The first-order valence-corrected chi connectivity index (χ1v) is 13.7. The molecule has 0 bridgehead atoms. The third-order valence-corrected chi connectivity index (χ3v) is 7.63. The lowest BCUT2D eigenvalue weighted by atomic mass is 9.98. The fourth-order valence-corrected chi connectivity index (χ4v) is 5.39. The zero-order valence-corrected chi connectivity index (χ0v) is 23.9.